The van der Waals surface area contributed by atoms with Gasteiger partial charge in [-0.25, -0.2) is 0 Å². The number of carboxylic acids is 1. The molecule has 0 aromatic heterocycles. The molecule has 0 aromatic rings. The van der Waals surface area contributed by atoms with Crippen molar-refractivity contribution in [3.05, 3.63) is 0 Å². The van der Waals surface area contributed by atoms with Gasteiger partial charge in [0.05, 0.1) is 18.1 Å². The van der Waals surface area contributed by atoms with Crippen LogP contribution in [0.25, 0.3) is 0 Å². The SMILES string of the molecule is COCCC1CC(C(=O)O)C(C(C)C)O1. The van der Waals surface area contributed by atoms with E-state index in [9.17, 15) is 4.79 Å². The Bertz CT molecular complexity index is 215. The number of methoxy groups -OCH3 is 1. The van der Waals surface area contributed by atoms with Crippen LogP contribution in [-0.2, 0) is 14.3 Å². The maximum Gasteiger partial charge on any atom is 0.309 e. The van der Waals surface area contributed by atoms with Gasteiger partial charge in [0.15, 0.2) is 0 Å². The summed E-state index contributed by atoms with van der Waals surface area (Å²) in [7, 11) is 1.64. The van der Waals surface area contributed by atoms with Gasteiger partial charge < -0.3 is 14.6 Å². The third-order valence-corrected chi connectivity index (χ3v) is 2.88. The maximum absolute atomic E-state index is 11.0. The highest BCUT2D eigenvalue weighted by Gasteiger charge is 2.40. The molecule has 0 spiro atoms. The first-order valence-corrected chi connectivity index (χ1v) is 5.43. The molecule has 0 bridgehead atoms. The van der Waals surface area contributed by atoms with E-state index in [4.69, 9.17) is 14.6 Å². The molecule has 1 aliphatic heterocycles. The summed E-state index contributed by atoms with van der Waals surface area (Å²) in [5, 5.41) is 9.06. The Labute approximate surface area is 90.6 Å². The molecule has 3 atom stereocenters. The molecule has 0 saturated carbocycles. The van der Waals surface area contributed by atoms with E-state index in [1.807, 2.05) is 13.8 Å². The van der Waals surface area contributed by atoms with E-state index < -0.39 is 5.97 Å². The molecule has 0 radical (unpaired) electrons. The Morgan fingerprint density at radius 3 is 2.67 bits per heavy atom. The van der Waals surface area contributed by atoms with E-state index in [1.54, 1.807) is 7.11 Å². The molecule has 4 nitrogen and oxygen atoms in total. The van der Waals surface area contributed by atoms with E-state index >= 15 is 0 Å². The van der Waals surface area contributed by atoms with E-state index in [0.717, 1.165) is 6.42 Å². The second-order valence-corrected chi connectivity index (χ2v) is 4.43. The van der Waals surface area contributed by atoms with Crippen molar-refractivity contribution in [2.75, 3.05) is 13.7 Å². The van der Waals surface area contributed by atoms with Crippen molar-refractivity contribution < 1.29 is 19.4 Å². The van der Waals surface area contributed by atoms with Crippen LogP contribution in [0.2, 0.25) is 0 Å². The van der Waals surface area contributed by atoms with Crippen LogP contribution in [0.4, 0.5) is 0 Å². The molecule has 3 unspecified atom stereocenters. The van der Waals surface area contributed by atoms with Crippen molar-refractivity contribution in [3.63, 3.8) is 0 Å². The highest BCUT2D eigenvalue weighted by atomic mass is 16.5. The summed E-state index contributed by atoms with van der Waals surface area (Å²) in [5.41, 5.74) is 0. The molecule has 1 saturated heterocycles. The van der Waals surface area contributed by atoms with Gasteiger partial charge >= 0.3 is 5.97 Å². The summed E-state index contributed by atoms with van der Waals surface area (Å²) < 4.78 is 10.7. The zero-order valence-electron chi connectivity index (χ0n) is 9.60. The molecular formula is C11H20O4. The second-order valence-electron chi connectivity index (χ2n) is 4.43. The van der Waals surface area contributed by atoms with Crippen molar-refractivity contribution in [2.24, 2.45) is 11.8 Å². The lowest BCUT2D eigenvalue weighted by Crippen LogP contribution is -2.28. The lowest BCUT2D eigenvalue weighted by atomic mass is 9.92. The Morgan fingerprint density at radius 1 is 1.60 bits per heavy atom. The lowest BCUT2D eigenvalue weighted by Gasteiger charge is -2.19. The van der Waals surface area contributed by atoms with Gasteiger partial charge in [-0.05, 0) is 18.8 Å². The first kappa shape index (κ1) is 12.5. The number of hydrogen-bond donors (Lipinski definition) is 1. The number of rotatable bonds is 5. The van der Waals surface area contributed by atoms with Crippen LogP contribution in [-0.4, -0.2) is 37.0 Å². The standard InChI is InChI=1S/C11H20O4/c1-7(2)10-9(11(12)13)6-8(15-10)4-5-14-3/h7-10H,4-6H2,1-3H3,(H,12,13). The smallest absolute Gasteiger partial charge is 0.309 e. The zero-order valence-corrected chi connectivity index (χ0v) is 9.60. The van der Waals surface area contributed by atoms with Crippen molar-refractivity contribution >= 4 is 5.97 Å². The number of ether oxygens (including phenoxy) is 2. The highest BCUT2D eigenvalue weighted by molar-refractivity contribution is 5.71. The average molecular weight is 216 g/mol. The van der Waals surface area contributed by atoms with Gasteiger partial charge in [-0.15, -0.1) is 0 Å². The van der Waals surface area contributed by atoms with Crippen molar-refractivity contribution in [3.8, 4) is 0 Å². The van der Waals surface area contributed by atoms with Crippen LogP contribution < -0.4 is 0 Å². The minimum atomic E-state index is -0.742. The Hall–Kier alpha value is -0.610. The van der Waals surface area contributed by atoms with Gasteiger partial charge in [-0.1, -0.05) is 13.8 Å². The molecule has 0 aromatic carbocycles. The quantitative estimate of drug-likeness (QED) is 0.757. The summed E-state index contributed by atoms with van der Waals surface area (Å²) in [4.78, 5) is 11.0. The van der Waals surface area contributed by atoms with E-state index in [1.165, 1.54) is 0 Å². The molecule has 1 N–H and O–H groups in total. The summed E-state index contributed by atoms with van der Waals surface area (Å²) in [6.45, 7) is 4.63. The molecule has 15 heavy (non-hydrogen) atoms. The van der Waals surface area contributed by atoms with Gasteiger partial charge in [0, 0.05) is 13.7 Å². The fourth-order valence-corrected chi connectivity index (χ4v) is 2.09. The predicted molar refractivity (Wildman–Crippen MR) is 55.7 cm³/mol. The number of hydrogen-bond acceptors (Lipinski definition) is 3. The molecular weight excluding hydrogens is 196 g/mol. The summed E-state index contributed by atoms with van der Waals surface area (Å²) in [5.74, 6) is -0.848. The fourth-order valence-electron chi connectivity index (χ4n) is 2.09. The predicted octanol–water partition coefficient (Wildman–Crippen LogP) is 1.54. The fraction of sp³-hybridized carbons (Fsp3) is 0.909. The zero-order chi connectivity index (χ0) is 11.4. The Morgan fingerprint density at radius 2 is 2.27 bits per heavy atom. The third kappa shape index (κ3) is 3.18. The number of aliphatic carboxylic acids is 1. The second kappa shape index (κ2) is 5.47. The van der Waals surface area contributed by atoms with E-state index in [2.05, 4.69) is 0 Å². The minimum absolute atomic E-state index is 0.0402. The number of carbonyl (C=O) groups is 1. The third-order valence-electron chi connectivity index (χ3n) is 2.88. The molecule has 4 heteroatoms. The average Bonchev–Trinajstić information content (AvgIpc) is 2.58. The Kier molecular flexibility index (Phi) is 4.54. The molecule has 88 valence electrons. The van der Waals surface area contributed by atoms with Crippen LogP contribution in [0.5, 0.6) is 0 Å². The largest absolute Gasteiger partial charge is 0.481 e. The molecule has 0 aliphatic carbocycles. The van der Waals surface area contributed by atoms with Gasteiger partial charge in [-0.2, -0.15) is 0 Å². The molecule has 1 fully saturated rings. The maximum atomic E-state index is 11.0. The van der Waals surface area contributed by atoms with Gasteiger partial charge in [-0.3, -0.25) is 4.79 Å². The van der Waals surface area contributed by atoms with Gasteiger partial charge in [0.25, 0.3) is 0 Å². The minimum Gasteiger partial charge on any atom is -0.481 e. The van der Waals surface area contributed by atoms with E-state index in [-0.39, 0.29) is 24.0 Å². The van der Waals surface area contributed by atoms with Gasteiger partial charge in [0.2, 0.25) is 0 Å². The topological polar surface area (TPSA) is 55.8 Å². The Balaban J connectivity index is 2.53. The van der Waals surface area contributed by atoms with Crippen LogP contribution in [0, 0.1) is 11.8 Å². The van der Waals surface area contributed by atoms with Crippen molar-refractivity contribution in [2.45, 2.75) is 38.9 Å². The summed E-state index contributed by atoms with van der Waals surface area (Å²) in [6.07, 6.45) is 1.29. The number of carboxylic acid groups (broad SMARTS) is 1. The van der Waals surface area contributed by atoms with Crippen LogP contribution in [0.15, 0.2) is 0 Å². The van der Waals surface area contributed by atoms with Crippen LogP contribution in [0.3, 0.4) is 0 Å². The lowest BCUT2D eigenvalue weighted by molar-refractivity contribution is -0.144. The molecule has 1 rings (SSSR count). The van der Waals surface area contributed by atoms with Crippen molar-refractivity contribution in [1.29, 1.82) is 0 Å². The molecule has 1 aliphatic rings. The van der Waals surface area contributed by atoms with E-state index in [0.29, 0.717) is 13.0 Å². The molecule has 0 amide bonds. The van der Waals surface area contributed by atoms with Crippen molar-refractivity contribution in [1.82, 2.24) is 0 Å². The molecule has 1 heterocycles. The first-order valence-electron chi connectivity index (χ1n) is 5.43. The monoisotopic (exact) mass is 216 g/mol. The summed E-state index contributed by atoms with van der Waals surface area (Å²) in [6, 6.07) is 0. The van der Waals surface area contributed by atoms with Crippen LogP contribution >= 0.6 is 0 Å². The normalized spacial score (nSPS) is 31.1. The first-order chi connectivity index (χ1) is 7.06. The van der Waals surface area contributed by atoms with Crippen LogP contribution in [0.1, 0.15) is 26.7 Å². The highest BCUT2D eigenvalue weighted by Crippen LogP contribution is 2.32. The summed E-state index contributed by atoms with van der Waals surface area (Å²) >= 11 is 0. The van der Waals surface area contributed by atoms with Gasteiger partial charge in [0.1, 0.15) is 0 Å².